The van der Waals surface area contributed by atoms with Gasteiger partial charge in [-0.15, -0.1) is 17.9 Å². The number of aromatic nitrogens is 1. The van der Waals surface area contributed by atoms with Crippen molar-refractivity contribution in [3.63, 3.8) is 0 Å². The SMILES string of the molecule is C=CCc1ccccc1OCCOc1ccc(-c2nc(CC(=O)O)cs2)cc1. The van der Waals surface area contributed by atoms with Gasteiger partial charge in [-0.05, 0) is 42.3 Å². The topological polar surface area (TPSA) is 68.7 Å². The van der Waals surface area contributed by atoms with Gasteiger partial charge in [-0.3, -0.25) is 4.79 Å². The van der Waals surface area contributed by atoms with E-state index in [4.69, 9.17) is 14.6 Å². The molecule has 28 heavy (non-hydrogen) atoms. The minimum atomic E-state index is -0.880. The monoisotopic (exact) mass is 395 g/mol. The van der Waals surface area contributed by atoms with E-state index in [-0.39, 0.29) is 6.42 Å². The van der Waals surface area contributed by atoms with Gasteiger partial charge in [0.2, 0.25) is 0 Å². The number of ether oxygens (including phenoxy) is 2. The fraction of sp³-hybridized carbons (Fsp3) is 0.182. The lowest BCUT2D eigenvalue weighted by molar-refractivity contribution is -0.136. The molecule has 6 heteroatoms. The van der Waals surface area contributed by atoms with Crippen LogP contribution in [0.25, 0.3) is 10.6 Å². The van der Waals surface area contributed by atoms with Crippen molar-refractivity contribution in [2.24, 2.45) is 0 Å². The molecular weight excluding hydrogens is 374 g/mol. The molecule has 1 heterocycles. The number of benzene rings is 2. The lowest BCUT2D eigenvalue weighted by Gasteiger charge is -2.11. The third-order valence-electron chi connectivity index (χ3n) is 3.93. The van der Waals surface area contributed by atoms with Gasteiger partial charge in [0.25, 0.3) is 0 Å². The third-order valence-corrected chi connectivity index (χ3v) is 4.87. The quantitative estimate of drug-likeness (QED) is 0.401. The summed E-state index contributed by atoms with van der Waals surface area (Å²) >= 11 is 1.43. The molecule has 0 spiro atoms. The van der Waals surface area contributed by atoms with Crippen molar-refractivity contribution in [1.82, 2.24) is 4.98 Å². The molecule has 0 aliphatic carbocycles. The summed E-state index contributed by atoms with van der Waals surface area (Å²) in [4.78, 5) is 15.1. The van der Waals surface area contributed by atoms with E-state index in [0.717, 1.165) is 34.1 Å². The maximum atomic E-state index is 10.8. The summed E-state index contributed by atoms with van der Waals surface area (Å²) in [5.41, 5.74) is 2.61. The van der Waals surface area contributed by atoms with Gasteiger partial charge < -0.3 is 14.6 Å². The van der Waals surface area contributed by atoms with E-state index < -0.39 is 5.97 Å². The van der Waals surface area contributed by atoms with Crippen molar-refractivity contribution < 1.29 is 19.4 Å². The number of nitrogens with zero attached hydrogens (tertiary/aromatic N) is 1. The normalized spacial score (nSPS) is 10.4. The van der Waals surface area contributed by atoms with E-state index in [2.05, 4.69) is 11.6 Å². The van der Waals surface area contributed by atoms with Gasteiger partial charge in [0.1, 0.15) is 29.7 Å². The predicted molar refractivity (Wildman–Crippen MR) is 110 cm³/mol. The zero-order valence-electron chi connectivity index (χ0n) is 15.3. The molecule has 0 fully saturated rings. The van der Waals surface area contributed by atoms with Crippen LogP contribution in [0.4, 0.5) is 0 Å². The molecule has 144 valence electrons. The molecular formula is C22H21NO4S. The Morgan fingerprint density at radius 1 is 1.11 bits per heavy atom. The number of aliphatic carboxylic acids is 1. The van der Waals surface area contributed by atoms with Crippen LogP contribution < -0.4 is 9.47 Å². The first-order valence-electron chi connectivity index (χ1n) is 8.86. The molecule has 2 aromatic carbocycles. The second-order valence-electron chi connectivity index (χ2n) is 6.04. The van der Waals surface area contributed by atoms with Crippen molar-refractivity contribution in [2.45, 2.75) is 12.8 Å². The van der Waals surface area contributed by atoms with E-state index in [1.165, 1.54) is 11.3 Å². The van der Waals surface area contributed by atoms with E-state index in [1.54, 1.807) is 5.38 Å². The summed E-state index contributed by atoms with van der Waals surface area (Å²) in [5, 5.41) is 11.4. The zero-order valence-corrected chi connectivity index (χ0v) is 16.2. The smallest absolute Gasteiger partial charge is 0.309 e. The maximum absolute atomic E-state index is 10.8. The van der Waals surface area contributed by atoms with Crippen LogP contribution in [-0.4, -0.2) is 29.3 Å². The summed E-state index contributed by atoms with van der Waals surface area (Å²) in [7, 11) is 0. The Bertz CT molecular complexity index is 934. The Morgan fingerprint density at radius 3 is 2.61 bits per heavy atom. The van der Waals surface area contributed by atoms with Crippen molar-refractivity contribution in [3.8, 4) is 22.1 Å². The number of carbonyl (C=O) groups is 1. The highest BCUT2D eigenvalue weighted by molar-refractivity contribution is 7.13. The first-order valence-corrected chi connectivity index (χ1v) is 9.74. The zero-order chi connectivity index (χ0) is 19.8. The van der Waals surface area contributed by atoms with Gasteiger partial charge in [-0.2, -0.15) is 0 Å². The van der Waals surface area contributed by atoms with Crippen LogP contribution in [-0.2, 0) is 17.6 Å². The average molecular weight is 395 g/mol. The average Bonchev–Trinajstić information content (AvgIpc) is 3.15. The number of hydrogen-bond donors (Lipinski definition) is 1. The van der Waals surface area contributed by atoms with Crippen LogP contribution in [0.15, 0.2) is 66.6 Å². The molecule has 0 radical (unpaired) electrons. The first-order chi connectivity index (χ1) is 13.7. The molecule has 0 atom stereocenters. The molecule has 1 aromatic heterocycles. The molecule has 3 aromatic rings. The largest absolute Gasteiger partial charge is 0.490 e. The van der Waals surface area contributed by atoms with Gasteiger partial charge in [0, 0.05) is 10.9 Å². The minimum Gasteiger partial charge on any atom is -0.490 e. The predicted octanol–water partition coefficient (Wildman–Crippen LogP) is 4.62. The summed E-state index contributed by atoms with van der Waals surface area (Å²) in [6.07, 6.45) is 2.56. The molecule has 0 unspecified atom stereocenters. The Kier molecular flexibility index (Phi) is 6.81. The van der Waals surface area contributed by atoms with E-state index in [9.17, 15) is 4.79 Å². The van der Waals surface area contributed by atoms with E-state index in [1.807, 2.05) is 54.6 Å². The Labute approximate surface area is 167 Å². The molecule has 3 rings (SSSR count). The maximum Gasteiger partial charge on any atom is 0.309 e. The third kappa shape index (κ3) is 5.44. The second-order valence-corrected chi connectivity index (χ2v) is 6.89. The molecule has 0 amide bonds. The van der Waals surface area contributed by atoms with Crippen molar-refractivity contribution in [1.29, 1.82) is 0 Å². The summed E-state index contributed by atoms with van der Waals surface area (Å²) in [5.74, 6) is 0.714. The first kappa shape index (κ1) is 19.6. The lowest BCUT2D eigenvalue weighted by atomic mass is 10.1. The lowest BCUT2D eigenvalue weighted by Crippen LogP contribution is -2.09. The van der Waals surface area contributed by atoms with Crippen LogP contribution >= 0.6 is 11.3 Å². The van der Waals surface area contributed by atoms with Gasteiger partial charge in [0.05, 0.1) is 12.1 Å². The molecule has 5 nitrogen and oxygen atoms in total. The van der Waals surface area contributed by atoms with Crippen molar-refractivity contribution >= 4 is 17.3 Å². The summed E-state index contributed by atoms with van der Waals surface area (Å²) in [6, 6.07) is 15.5. The number of carboxylic acid groups (broad SMARTS) is 1. The standard InChI is InChI=1S/C22H21NO4S/c1-2-5-16-6-3-4-7-20(16)27-13-12-26-19-10-8-17(9-11-19)22-23-18(15-28-22)14-21(24)25/h2-4,6-11,15H,1,5,12-14H2,(H,24,25). The Morgan fingerprint density at radius 2 is 1.86 bits per heavy atom. The molecule has 0 bridgehead atoms. The number of para-hydroxylation sites is 1. The van der Waals surface area contributed by atoms with Crippen LogP contribution in [0, 0.1) is 0 Å². The highest BCUT2D eigenvalue weighted by atomic mass is 32.1. The number of carboxylic acids is 1. The van der Waals surface area contributed by atoms with Crippen LogP contribution in [0.2, 0.25) is 0 Å². The molecule has 0 aliphatic heterocycles. The van der Waals surface area contributed by atoms with Gasteiger partial charge in [-0.25, -0.2) is 4.98 Å². The molecule has 0 saturated heterocycles. The Hall–Kier alpha value is -3.12. The van der Waals surface area contributed by atoms with Crippen LogP contribution in [0.5, 0.6) is 11.5 Å². The van der Waals surface area contributed by atoms with E-state index >= 15 is 0 Å². The number of thiazole rings is 1. The van der Waals surface area contributed by atoms with Gasteiger partial charge in [-0.1, -0.05) is 24.3 Å². The van der Waals surface area contributed by atoms with Crippen LogP contribution in [0.3, 0.4) is 0 Å². The van der Waals surface area contributed by atoms with Gasteiger partial charge in [0.15, 0.2) is 0 Å². The highest BCUT2D eigenvalue weighted by Crippen LogP contribution is 2.26. The van der Waals surface area contributed by atoms with Crippen molar-refractivity contribution in [3.05, 3.63) is 77.8 Å². The van der Waals surface area contributed by atoms with Gasteiger partial charge >= 0.3 is 5.97 Å². The Balaban J connectivity index is 1.50. The van der Waals surface area contributed by atoms with E-state index in [0.29, 0.717) is 18.9 Å². The summed E-state index contributed by atoms with van der Waals surface area (Å²) in [6.45, 7) is 4.64. The fourth-order valence-electron chi connectivity index (χ4n) is 2.65. The number of hydrogen-bond acceptors (Lipinski definition) is 5. The number of allylic oxidation sites excluding steroid dienone is 1. The minimum absolute atomic E-state index is 0.0619. The number of rotatable bonds is 10. The second kappa shape index (κ2) is 9.71. The molecule has 1 N–H and O–H groups in total. The summed E-state index contributed by atoms with van der Waals surface area (Å²) < 4.78 is 11.5. The highest BCUT2D eigenvalue weighted by Gasteiger charge is 2.08. The molecule has 0 saturated carbocycles. The van der Waals surface area contributed by atoms with Crippen LogP contribution in [0.1, 0.15) is 11.3 Å². The molecule has 0 aliphatic rings. The van der Waals surface area contributed by atoms with Crippen molar-refractivity contribution in [2.75, 3.05) is 13.2 Å². The fourth-order valence-corrected chi connectivity index (χ4v) is 3.48.